The summed E-state index contributed by atoms with van der Waals surface area (Å²) in [7, 11) is 4.91. The monoisotopic (exact) mass is 367 g/mol. The fraction of sp³-hybridized carbons (Fsp3) is 0.273. The van der Waals surface area contributed by atoms with Gasteiger partial charge in [0.05, 0.1) is 27.9 Å². The first kappa shape index (κ1) is 18.9. The average molecular weight is 367 g/mol. The average Bonchev–Trinajstić information content (AvgIpc) is 3.20. The molecule has 0 saturated carbocycles. The van der Waals surface area contributed by atoms with Crippen LogP contribution in [-0.4, -0.2) is 27.9 Å². The van der Waals surface area contributed by atoms with E-state index in [0.29, 0.717) is 18.0 Å². The molecule has 5 nitrogen and oxygen atoms in total. The maximum absolute atomic E-state index is 5.91. The molecule has 0 saturated heterocycles. The van der Waals surface area contributed by atoms with Crippen LogP contribution in [0.2, 0.25) is 0 Å². The van der Waals surface area contributed by atoms with Crippen LogP contribution < -0.4 is 19.5 Å². The molecule has 0 amide bonds. The van der Waals surface area contributed by atoms with Crippen molar-refractivity contribution in [2.75, 3.05) is 27.9 Å². The first-order chi connectivity index (χ1) is 13.2. The first-order valence-electron chi connectivity index (χ1n) is 8.89. The predicted octanol–water partition coefficient (Wildman–Crippen LogP) is 4.30. The van der Waals surface area contributed by atoms with E-state index < -0.39 is 0 Å². The van der Waals surface area contributed by atoms with E-state index in [-0.39, 0.29) is 0 Å². The lowest BCUT2D eigenvalue weighted by Crippen LogP contribution is -2.16. The van der Waals surface area contributed by atoms with Gasteiger partial charge in [0.15, 0.2) is 11.5 Å². The molecule has 0 aliphatic rings. The highest BCUT2D eigenvalue weighted by molar-refractivity contribution is 5.57. The van der Waals surface area contributed by atoms with Crippen LogP contribution in [0, 0.1) is 0 Å². The Balaban J connectivity index is 1.57. The zero-order chi connectivity index (χ0) is 19.1. The van der Waals surface area contributed by atoms with Crippen LogP contribution in [0.4, 0.5) is 0 Å². The summed E-state index contributed by atoms with van der Waals surface area (Å²) < 4.78 is 22.1. The zero-order valence-corrected chi connectivity index (χ0v) is 16.0. The van der Waals surface area contributed by atoms with Crippen molar-refractivity contribution in [2.24, 2.45) is 0 Å². The van der Waals surface area contributed by atoms with Crippen molar-refractivity contribution in [3.05, 3.63) is 65.9 Å². The summed E-state index contributed by atoms with van der Waals surface area (Å²) >= 11 is 0. The summed E-state index contributed by atoms with van der Waals surface area (Å²) in [6, 6.07) is 17.9. The first-order valence-corrected chi connectivity index (χ1v) is 8.89. The largest absolute Gasteiger partial charge is 0.496 e. The molecule has 0 aliphatic heterocycles. The minimum absolute atomic E-state index is 0.662. The van der Waals surface area contributed by atoms with Crippen molar-refractivity contribution in [3.63, 3.8) is 0 Å². The molecule has 142 valence electrons. The van der Waals surface area contributed by atoms with Crippen LogP contribution in [0.3, 0.4) is 0 Å². The highest BCUT2D eigenvalue weighted by atomic mass is 16.5. The summed E-state index contributed by atoms with van der Waals surface area (Å²) in [6.07, 6.45) is 0.801. The van der Waals surface area contributed by atoms with Crippen LogP contribution in [-0.2, 0) is 13.0 Å². The number of benzene rings is 2. The van der Waals surface area contributed by atoms with E-state index in [1.54, 1.807) is 21.3 Å². The molecule has 2 aromatic carbocycles. The van der Waals surface area contributed by atoms with Crippen molar-refractivity contribution < 1.29 is 18.6 Å². The van der Waals surface area contributed by atoms with Gasteiger partial charge in [-0.2, -0.15) is 0 Å². The van der Waals surface area contributed by atoms with E-state index in [0.717, 1.165) is 41.4 Å². The third-order valence-corrected chi connectivity index (χ3v) is 4.38. The maximum Gasteiger partial charge on any atom is 0.164 e. The van der Waals surface area contributed by atoms with Gasteiger partial charge in [0.1, 0.15) is 17.3 Å². The van der Waals surface area contributed by atoms with Gasteiger partial charge in [-0.05, 0) is 36.7 Å². The zero-order valence-electron chi connectivity index (χ0n) is 16.0. The minimum atomic E-state index is 0.662. The van der Waals surface area contributed by atoms with Crippen LogP contribution in [0.25, 0.3) is 11.3 Å². The van der Waals surface area contributed by atoms with E-state index in [4.69, 9.17) is 18.6 Å². The molecular weight excluding hydrogens is 342 g/mol. The molecule has 0 aliphatic carbocycles. The van der Waals surface area contributed by atoms with Gasteiger partial charge in [-0.3, -0.25) is 0 Å². The topological polar surface area (TPSA) is 52.9 Å². The Morgan fingerprint density at radius 1 is 0.815 bits per heavy atom. The predicted molar refractivity (Wildman–Crippen MR) is 106 cm³/mol. The Hall–Kier alpha value is -2.92. The molecule has 1 N–H and O–H groups in total. The molecule has 0 unspecified atom stereocenters. The highest BCUT2D eigenvalue weighted by Gasteiger charge is 2.11. The lowest BCUT2D eigenvalue weighted by Gasteiger charge is -2.14. The molecule has 0 bridgehead atoms. The molecule has 3 aromatic rings. The summed E-state index contributed by atoms with van der Waals surface area (Å²) in [6.45, 7) is 1.45. The number of hydrogen-bond donors (Lipinski definition) is 1. The number of furan rings is 1. The third kappa shape index (κ3) is 4.63. The molecule has 0 fully saturated rings. The number of hydrogen-bond acceptors (Lipinski definition) is 5. The maximum atomic E-state index is 5.91. The Bertz CT molecular complexity index is 858. The van der Waals surface area contributed by atoms with Gasteiger partial charge >= 0.3 is 0 Å². The normalized spacial score (nSPS) is 10.6. The highest BCUT2D eigenvalue weighted by Crippen LogP contribution is 2.34. The smallest absolute Gasteiger partial charge is 0.164 e. The van der Waals surface area contributed by atoms with Gasteiger partial charge in [-0.25, -0.2) is 0 Å². The van der Waals surface area contributed by atoms with E-state index in [9.17, 15) is 0 Å². The van der Waals surface area contributed by atoms with E-state index in [2.05, 4.69) is 5.32 Å². The van der Waals surface area contributed by atoms with Crippen LogP contribution in [0.1, 0.15) is 11.3 Å². The van der Waals surface area contributed by atoms with Gasteiger partial charge in [-0.1, -0.05) is 30.3 Å². The fourth-order valence-electron chi connectivity index (χ4n) is 2.95. The molecule has 1 heterocycles. The van der Waals surface area contributed by atoms with Crippen LogP contribution >= 0.6 is 0 Å². The van der Waals surface area contributed by atoms with Gasteiger partial charge < -0.3 is 23.9 Å². The second-order valence-corrected chi connectivity index (χ2v) is 6.08. The molecule has 5 heteroatoms. The molecule has 0 atom stereocenters. The summed E-state index contributed by atoms with van der Waals surface area (Å²) in [5.41, 5.74) is 2.14. The Kier molecular flexibility index (Phi) is 6.39. The van der Waals surface area contributed by atoms with Gasteiger partial charge in [0.2, 0.25) is 0 Å². The van der Waals surface area contributed by atoms with Crippen molar-refractivity contribution in [2.45, 2.75) is 13.0 Å². The summed E-state index contributed by atoms with van der Waals surface area (Å²) in [4.78, 5) is 0. The molecule has 0 spiro atoms. The van der Waals surface area contributed by atoms with Crippen molar-refractivity contribution in [3.8, 4) is 28.6 Å². The quantitative estimate of drug-likeness (QED) is 0.571. The standard InChI is InChI=1S/C22H25NO4/c1-24-20-14-22(26-3)21(25-2)13-17(20)11-12-23-15-18-9-10-19(27-18)16-7-5-4-6-8-16/h4-10,13-14,23H,11-12,15H2,1-3H3. The third-order valence-electron chi connectivity index (χ3n) is 4.38. The van der Waals surface area contributed by atoms with Gasteiger partial charge in [-0.15, -0.1) is 0 Å². The van der Waals surface area contributed by atoms with Gasteiger partial charge in [0, 0.05) is 11.6 Å². The Morgan fingerprint density at radius 2 is 1.52 bits per heavy atom. The van der Waals surface area contributed by atoms with E-state index in [1.807, 2.05) is 54.6 Å². The second kappa shape index (κ2) is 9.14. The number of ether oxygens (including phenoxy) is 3. The molecule has 3 rings (SSSR count). The lowest BCUT2D eigenvalue weighted by molar-refractivity contribution is 0.347. The number of nitrogens with one attached hydrogen (secondary N) is 1. The van der Waals surface area contributed by atoms with Crippen LogP contribution in [0.15, 0.2) is 59.0 Å². The Labute approximate surface area is 159 Å². The summed E-state index contributed by atoms with van der Waals surface area (Å²) in [5.74, 6) is 3.95. The molecule has 27 heavy (non-hydrogen) atoms. The second-order valence-electron chi connectivity index (χ2n) is 6.08. The van der Waals surface area contributed by atoms with Crippen molar-refractivity contribution in [1.82, 2.24) is 5.32 Å². The lowest BCUT2D eigenvalue weighted by atomic mass is 10.1. The van der Waals surface area contributed by atoms with E-state index in [1.165, 1.54) is 0 Å². The van der Waals surface area contributed by atoms with E-state index >= 15 is 0 Å². The fourth-order valence-corrected chi connectivity index (χ4v) is 2.95. The minimum Gasteiger partial charge on any atom is -0.496 e. The molecule has 1 aromatic heterocycles. The molecular formula is C22H25NO4. The number of methoxy groups -OCH3 is 3. The van der Waals surface area contributed by atoms with Crippen molar-refractivity contribution in [1.29, 1.82) is 0 Å². The SMILES string of the molecule is COc1cc(OC)c(OC)cc1CCNCc1ccc(-c2ccccc2)o1. The Morgan fingerprint density at radius 3 is 2.22 bits per heavy atom. The summed E-state index contributed by atoms with van der Waals surface area (Å²) in [5, 5.41) is 3.41. The molecule has 0 radical (unpaired) electrons. The van der Waals surface area contributed by atoms with Crippen LogP contribution in [0.5, 0.6) is 17.2 Å². The van der Waals surface area contributed by atoms with Crippen molar-refractivity contribution >= 4 is 0 Å². The van der Waals surface area contributed by atoms with Gasteiger partial charge in [0.25, 0.3) is 0 Å². The number of rotatable bonds is 9.